The van der Waals surface area contributed by atoms with Crippen LogP contribution >= 0.6 is 0 Å². The zero-order chi connectivity index (χ0) is 33.1. The normalized spacial score (nSPS) is 13.7. The minimum Gasteiger partial charge on any atom is -0.506 e. The molecule has 1 aromatic heterocycles. The van der Waals surface area contributed by atoms with Crippen molar-refractivity contribution in [1.29, 1.82) is 0 Å². The van der Waals surface area contributed by atoms with E-state index in [-0.39, 0.29) is 29.2 Å². The monoisotopic (exact) mass is 654 g/mol. The number of morpholine rings is 1. The fourth-order valence-electron chi connectivity index (χ4n) is 5.25. The van der Waals surface area contributed by atoms with E-state index in [1.165, 1.54) is 17.0 Å². The summed E-state index contributed by atoms with van der Waals surface area (Å²) in [5.74, 6) is 4.72. The third-order valence-corrected chi connectivity index (χ3v) is 8.64. The molecule has 242 valence electrons. The second kappa shape index (κ2) is 13.4. The van der Waals surface area contributed by atoms with E-state index < -0.39 is 34.2 Å². The van der Waals surface area contributed by atoms with Gasteiger partial charge in [-0.1, -0.05) is 18.9 Å². The maximum absolute atomic E-state index is 13.7. The summed E-state index contributed by atoms with van der Waals surface area (Å²) in [4.78, 5) is 16.0. The van der Waals surface area contributed by atoms with Crippen molar-refractivity contribution in [3.8, 4) is 17.6 Å². The van der Waals surface area contributed by atoms with E-state index in [9.17, 15) is 31.5 Å². The third-order valence-electron chi connectivity index (χ3n) is 7.53. The number of nitrogens with one attached hydrogen (secondary N) is 1. The highest BCUT2D eigenvalue weighted by Crippen LogP contribution is 2.33. The lowest BCUT2D eigenvalue weighted by Gasteiger charge is -2.29. The molecule has 0 atom stereocenters. The van der Waals surface area contributed by atoms with Gasteiger partial charge in [0.25, 0.3) is 0 Å². The first-order chi connectivity index (χ1) is 21.8. The number of amides is 1. The van der Waals surface area contributed by atoms with Crippen molar-refractivity contribution in [3.63, 3.8) is 0 Å². The molecule has 0 bridgehead atoms. The highest BCUT2D eigenvalue weighted by molar-refractivity contribution is 7.90. The number of phenols is 1. The van der Waals surface area contributed by atoms with Crippen molar-refractivity contribution in [2.75, 3.05) is 54.2 Å². The van der Waals surface area contributed by atoms with E-state index in [1.54, 1.807) is 31.2 Å². The number of phenolic OH excluding ortho intramolecular Hbond substituents is 1. The van der Waals surface area contributed by atoms with Crippen LogP contribution in [0.4, 0.5) is 35.9 Å². The maximum atomic E-state index is 13.7. The van der Waals surface area contributed by atoms with Crippen LogP contribution < -0.4 is 15.1 Å². The molecule has 4 aromatic rings. The first-order valence-corrected chi connectivity index (χ1v) is 16.4. The van der Waals surface area contributed by atoms with Gasteiger partial charge in [-0.05, 0) is 60.5 Å². The van der Waals surface area contributed by atoms with E-state index in [4.69, 9.17) is 4.74 Å². The Labute approximate surface area is 265 Å². The molecule has 1 aliphatic heterocycles. The highest BCUT2D eigenvalue weighted by Gasteiger charge is 2.30. The summed E-state index contributed by atoms with van der Waals surface area (Å²) >= 11 is 0. The van der Waals surface area contributed by atoms with Gasteiger partial charge in [-0.15, -0.1) is 0 Å². The number of alkyl halides is 3. The van der Waals surface area contributed by atoms with Gasteiger partial charge < -0.3 is 24.6 Å². The highest BCUT2D eigenvalue weighted by atomic mass is 32.2. The Bertz CT molecular complexity index is 1910. The number of benzene rings is 3. The van der Waals surface area contributed by atoms with Crippen molar-refractivity contribution in [2.45, 2.75) is 31.0 Å². The van der Waals surface area contributed by atoms with Crippen LogP contribution in [-0.2, 0) is 25.9 Å². The fourth-order valence-corrected chi connectivity index (χ4v) is 5.89. The molecule has 1 aliphatic rings. The summed E-state index contributed by atoms with van der Waals surface area (Å²) in [6, 6.07) is 18.0. The van der Waals surface area contributed by atoms with Crippen LogP contribution in [0.15, 0.2) is 71.6 Å². The molecule has 0 radical (unpaired) electrons. The standard InChI is InChI=1S/C33H33F3N4O5S/c1-3-32(42)39(30-14-13-26(21-31(30)41)46(2,43)44)15-5-6-25-20-27-28(7-4-8-29(27)40(25)22-33(34,35)36)37-23-9-11-24(12-10-23)38-16-18-45-19-17-38/h4,7-14,20-21,37,41H,3,15-19,22H2,1-2H3. The predicted molar refractivity (Wildman–Crippen MR) is 171 cm³/mol. The van der Waals surface area contributed by atoms with Gasteiger partial charge in [0.2, 0.25) is 5.91 Å². The molecule has 3 aromatic carbocycles. The van der Waals surface area contributed by atoms with Crippen LogP contribution in [0, 0.1) is 11.8 Å². The first-order valence-electron chi connectivity index (χ1n) is 14.5. The molecule has 0 unspecified atom stereocenters. The number of hydrogen-bond donors (Lipinski definition) is 2. The number of carbonyl (C=O) groups is 1. The van der Waals surface area contributed by atoms with Gasteiger partial charge in [0.15, 0.2) is 9.84 Å². The second-order valence-corrected chi connectivity index (χ2v) is 12.8. The summed E-state index contributed by atoms with van der Waals surface area (Å²) in [6.45, 7) is 2.99. The third kappa shape index (κ3) is 7.58. The van der Waals surface area contributed by atoms with Gasteiger partial charge >= 0.3 is 6.18 Å². The van der Waals surface area contributed by atoms with Gasteiger partial charge in [0.1, 0.15) is 12.3 Å². The molecule has 1 fully saturated rings. The summed E-state index contributed by atoms with van der Waals surface area (Å²) < 4.78 is 71.5. The largest absolute Gasteiger partial charge is 0.506 e. The molecule has 2 heterocycles. The molecule has 46 heavy (non-hydrogen) atoms. The number of anilines is 4. The average Bonchev–Trinajstić information content (AvgIpc) is 3.36. The lowest BCUT2D eigenvalue weighted by molar-refractivity contribution is -0.140. The lowest BCUT2D eigenvalue weighted by atomic mass is 10.2. The number of carbonyl (C=O) groups excluding carboxylic acids is 1. The van der Waals surface area contributed by atoms with Crippen LogP contribution in [0.2, 0.25) is 0 Å². The molecule has 2 N–H and O–H groups in total. The van der Waals surface area contributed by atoms with E-state index in [2.05, 4.69) is 22.1 Å². The van der Waals surface area contributed by atoms with Crippen LogP contribution in [0.3, 0.4) is 0 Å². The summed E-state index contributed by atoms with van der Waals surface area (Å²) in [5, 5.41) is 14.4. The molecule has 13 heteroatoms. The van der Waals surface area contributed by atoms with E-state index in [0.29, 0.717) is 29.8 Å². The van der Waals surface area contributed by atoms with E-state index in [0.717, 1.165) is 41.4 Å². The van der Waals surface area contributed by atoms with Crippen molar-refractivity contribution < 1.29 is 36.2 Å². The van der Waals surface area contributed by atoms with Gasteiger partial charge in [0.05, 0.1) is 41.6 Å². The van der Waals surface area contributed by atoms with Crippen molar-refractivity contribution in [3.05, 3.63) is 72.4 Å². The Kier molecular flexibility index (Phi) is 9.50. The molecular weight excluding hydrogens is 621 g/mol. The predicted octanol–water partition coefficient (Wildman–Crippen LogP) is 5.69. The van der Waals surface area contributed by atoms with E-state index >= 15 is 0 Å². The number of halogens is 3. The van der Waals surface area contributed by atoms with Gasteiger partial charge in [-0.2, -0.15) is 13.2 Å². The average molecular weight is 655 g/mol. The number of sulfone groups is 1. The molecule has 1 saturated heterocycles. The maximum Gasteiger partial charge on any atom is 0.406 e. The smallest absolute Gasteiger partial charge is 0.406 e. The van der Waals surface area contributed by atoms with Crippen molar-refractivity contribution in [2.24, 2.45) is 0 Å². The second-order valence-electron chi connectivity index (χ2n) is 10.8. The lowest BCUT2D eigenvalue weighted by Crippen LogP contribution is -2.36. The van der Waals surface area contributed by atoms with Crippen LogP contribution in [-0.4, -0.2) is 69.3 Å². The molecule has 0 aliphatic carbocycles. The number of aromatic nitrogens is 1. The van der Waals surface area contributed by atoms with Crippen LogP contribution in [0.1, 0.15) is 19.0 Å². The Morgan fingerprint density at radius 3 is 2.41 bits per heavy atom. The Balaban J connectivity index is 1.46. The van der Waals surface area contributed by atoms with Gasteiger partial charge in [-0.3, -0.25) is 9.69 Å². The molecule has 0 spiro atoms. The van der Waals surface area contributed by atoms with Gasteiger partial charge in [0, 0.05) is 54.3 Å². The summed E-state index contributed by atoms with van der Waals surface area (Å²) in [5.41, 5.74) is 2.86. The Morgan fingerprint density at radius 1 is 1.07 bits per heavy atom. The number of fused-ring (bicyclic) bond motifs is 1. The molecule has 1 amide bonds. The number of aromatic hydroxyl groups is 1. The summed E-state index contributed by atoms with van der Waals surface area (Å²) in [7, 11) is -3.61. The van der Waals surface area contributed by atoms with Crippen LogP contribution in [0.25, 0.3) is 10.9 Å². The number of ether oxygens (including phenoxy) is 1. The fraction of sp³-hybridized carbons (Fsp3) is 0.303. The Hall–Kier alpha value is -4.67. The minimum absolute atomic E-state index is 0.0375. The first kappa shape index (κ1) is 32.7. The van der Waals surface area contributed by atoms with E-state index in [1.807, 2.05) is 24.3 Å². The topological polar surface area (TPSA) is 104 Å². The minimum atomic E-state index is -4.53. The zero-order valence-electron chi connectivity index (χ0n) is 25.3. The molecule has 5 rings (SSSR count). The zero-order valence-corrected chi connectivity index (χ0v) is 26.1. The SMILES string of the molecule is CCC(=O)N(CC#Cc1cc2c(Nc3ccc(N4CCOCC4)cc3)cccc2n1CC(F)(F)F)c1ccc(S(C)(=O)=O)cc1O. The van der Waals surface area contributed by atoms with Crippen molar-refractivity contribution >= 4 is 49.4 Å². The van der Waals surface area contributed by atoms with Crippen molar-refractivity contribution in [1.82, 2.24) is 4.57 Å². The summed E-state index contributed by atoms with van der Waals surface area (Å²) in [6.07, 6.45) is -3.49. The van der Waals surface area contributed by atoms with Crippen LogP contribution in [0.5, 0.6) is 5.75 Å². The molecular formula is C33H33F3N4O5S. The quantitative estimate of drug-likeness (QED) is 0.236. The number of rotatable bonds is 8. The number of nitrogens with zero attached hydrogens (tertiary/aromatic N) is 3. The van der Waals surface area contributed by atoms with Gasteiger partial charge in [-0.25, -0.2) is 8.42 Å². The number of hydrogen-bond acceptors (Lipinski definition) is 7. The molecule has 0 saturated carbocycles. The Morgan fingerprint density at radius 2 is 1.78 bits per heavy atom. The molecule has 9 nitrogen and oxygen atoms in total.